The third kappa shape index (κ3) is 2.67. The second-order valence-electron chi connectivity index (χ2n) is 3.64. The molecule has 0 aromatic carbocycles. The minimum atomic E-state index is -0.479. The largest absolute Gasteiger partial charge is 0.465 e. The van der Waals surface area contributed by atoms with E-state index in [1.165, 1.54) is 12.4 Å². The lowest BCUT2D eigenvalue weighted by molar-refractivity contribution is -0.384. The van der Waals surface area contributed by atoms with Gasteiger partial charge in [0, 0.05) is 6.20 Å². The number of halogens is 1. The Kier molecular flexibility index (Phi) is 3.61. The summed E-state index contributed by atoms with van der Waals surface area (Å²) in [4.78, 5) is 14.2. The van der Waals surface area contributed by atoms with Gasteiger partial charge in [0.2, 0.25) is 0 Å². The highest BCUT2D eigenvalue weighted by molar-refractivity contribution is 9.10. The Hall–Kier alpha value is -1.89. The van der Waals surface area contributed by atoms with E-state index in [0.717, 1.165) is 5.76 Å². The Morgan fingerprint density at radius 1 is 1.50 bits per heavy atom. The van der Waals surface area contributed by atoms with Crippen LogP contribution in [0.5, 0.6) is 0 Å². The summed E-state index contributed by atoms with van der Waals surface area (Å²) in [6, 6.07) is 3.66. The van der Waals surface area contributed by atoms with E-state index in [1.54, 1.807) is 0 Å². The van der Waals surface area contributed by atoms with Gasteiger partial charge >= 0.3 is 5.69 Å². The Balaban J connectivity index is 2.20. The zero-order valence-electron chi connectivity index (χ0n) is 9.51. The van der Waals surface area contributed by atoms with Crippen LogP contribution >= 0.6 is 15.9 Å². The molecule has 0 aliphatic heterocycles. The summed E-state index contributed by atoms with van der Waals surface area (Å²) in [5.74, 6) is 1.51. The lowest BCUT2D eigenvalue weighted by atomic mass is 10.3. The average Bonchev–Trinajstić information content (AvgIpc) is 2.73. The molecule has 1 N–H and O–H groups in total. The van der Waals surface area contributed by atoms with Gasteiger partial charge in [0.1, 0.15) is 23.4 Å². The van der Waals surface area contributed by atoms with E-state index in [0.29, 0.717) is 22.5 Å². The first-order chi connectivity index (χ1) is 8.58. The van der Waals surface area contributed by atoms with Crippen LogP contribution in [0, 0.1) is 17.0 Å². The summed E-state index contributed by atoms with van der Waals surface area (Å²) < 4.78 is 5.92. The van der Waals surface area contributed by atoms with Gasteiger partial charge in [-0.05, 0) is 35.0 Å². The number of nitrogens with one attached hydrogen (secondary N) is 1. The summed E-state index contributed by atoms with van der Waals surface area (Å²) in [7, 11) is 0. The monoisotopic (exact) mass is 311 g/mol. The van der Waals surface area contributed by atoms with Crippen LogP contribution < -0.4 is 5.32 Å². The Morgan fingerprint density at radius 2 is 2.28 bits per heavy atom. The van der Waals surface area contributed by atoms with E-state index in [-0.39, 0.29) is 5.69 Å². The average molecular weight is 312 g/mol. The first-order valence-corrected chi connectivity index (χ1v) is 5.94. The molecule has 0 aliphatic rings. The highest BCUT2D eigenvalue weighted by Crippen LogP contribution is 2.31. The normalized spacial score (nSPS) is 10.3. The van der Waals surface area contributed by atoms with Crippen LogP contribution in [0.1, 0.15) is 11.5 Å². The number of hydrogen-bond donors (Lipinski definition) is 1. The molecule has 2 aromatic heterocycles. The molecule has 0 saturated carbocycles. The van der Waals surface area contributed by atoms with Crippen molar-refractivity contribution in [2.75, 3.05) is 5.32 Å². The van der Waals surface area contributed by atoms with Crippen LogP contribution in [0.25, 0.3) is 0 Å². The van der Waals surface area contributed by atoms with Gasteiger partial charge < -0.3 is 9.73 Å². The summed E-state index contributed by atoms with van der Waals surface area (Å²) in [6.07, 6.45) is 2.71. The van der Waals surface area contributed by atoms with Crippen LogP contribution in [-0.2, 0) is 6.54 Å². The van der Waals surface area contributed by atoms with Crippen LogP contribution in [-0.4, -0.2) is 9.91 Å². The molecule has 2 rings (SSSR count). The summed E-state index contributed by atoms with van der Waals surface area (Å²) in [5.41, 5.74) is 0.316. The first-order valence-electron chi connectivity index (χ1n) is 5.15. The minimum Gasteiger partial charge on any atom is -0.465 e. The molecule has 18 heavy (non-hydrogen) atoms. The van der Waals surface area contributed by atoms with Gasteiger partial charge in [-0.25, -0.2) is 0 Å². The molecular formula is C11H10BrN3O3. The van der Waals surface area contributed by atoms with Crippen LogP contribution in [0.4, 0.5) is 11.4 Å². The predicted octanol–water partition coefficient (Wildman–Crippen LogP) is 3.27. The molecule has 0 saturated heterocycles. The maximum absolute atomic E-state index is 10.9. The molecule has 2 aromatic rings. The number of nitro groups is 1. The van der Waals surface area contributed by atoms with Crippen molar-refractivity contribution in [2.45, 2.75) is 13.5 Å². The van der Waals surface area contributed by atoms with Crippen LogP contribution in [0.3, 0.4) is 0 Å². The maximum Gasteiger partial charge on any atom is 0.311 e. The molecule has 0 amide bonds. The quantitative estimate of drug-likeness (QED) is 0.692. The third-order valence-electron chi connectivity index (χ3n) is 2.31. The summed E-state index contributed by atoms with van der Waals surface area (Å²) in [6.45, 7) is 2.21. The molecule has 0 unspecified atom stereocenters. The smallest absolute Gasteiger partial charge is 0.311 e. The molecule has 0 fully saturated rings. The summed E-state index contributed by atoms with van der Waals surface area (Å²) >= 11 is 3.23. The van der Waals surface area contributed by atoms with E-state index < -0.39 is 4.92 Å². The van der Waals surface area contributed by atoms with Gasteiger partial charge in [0.15, 0.2) is 0 Å². The van der Waals surface area contributed by atoms with Crippen molar-refractivity contribution in [2.24, 2.45) is 0 Å². The van der Waals surface area contributed by atoms with E-state index in [2.05, 4.69) is 26.2 Å². The van der Waals surface area contributed by atoms with Gasteiger partial charge in [-0.3, -0.25) is 15.1 Å². The highest BCUT2D eigenvalue weighted by atomic mass is 79.9. The lowest BCUT2D eigenvalue weighted by Gasteiger charge is -2.06. The molecule has 6 nitrogen and oxygen atoms in total. The van der Waals surface area contributed by atoms with Gasteiger partial charge in [0.25, 0.3) is 0 Å². The minimum absolute atomic E-state index is 0.0762. The Bertz CT molecular complexity index is 583. The zero-order valence-corrected chi connectivity index (χ0v) is 11.1. The van der Waals surface area contributed by atoms with Crippen molar-refractivity contribution < 1.29 is 9.34 Å². The first kappa shape index (κ1) is 12.6. The molecule has 0 radical (unpaired) electrons. The van der Waals surface area contributed by atoms with E-state index in [9.17, 15) is 10.1 Å². The van der Waals surface area contributed by atoms with Gasteiger partial charge in [-0.2, -0.15) is 0 Å². The molecule has 94 valence electrons. The second-order valence-corrected chi connectivity index (χ2v) is 4.49. The number of pyridine rings is 1. The summed E-state index contributed by atoms with van der Waals surface area (Å²) in [5, 5.41) is 13.8. The van der Waals surface area contributed by atoms with Crippen molar-refractivity contribution in [3.05, 3.63) is 50.6 Å². The van der Waals surface area contributed by atoms with Gasteiger partial charge in [-0.15, -0.1) is 0 Å². The van der Waals surface area contributed by atoms with Crippen molar-refractivity contribution in [3.8, 4) is 0 Å². The maximum atomic E-state index is 10.9. The zero-order chi connectivity index (χ0) is 13.1. The fourth-order valence-corrected chi connectivity index (χ4v) is 1.96. The van der Waals surface area contributed by atoms with E-state index >= 15 is 0 Å². The van der Waals surface area contributed by atoms with Crippen molar-refractivity contribution >= 4 is 27.3 Å². The predicted molar refractivity (Wildman–Crippen MR) is 69.4 cm³/mol. The van der Waals surface area contributed by atoms with Crippen LogP contribution in [0.15, 0.2) is 33.4 Å². The second kappa shape index (κ2) is 5.18. The molecule has 0 aliphatic carbocycles. The van der Waals surface area contributed by atoms with Crippen molar-refractivity contribution in [1.29, 1.82) is 0 Å². The Morgan fingerprint density at radius 3 is 2.89 bits per heavy atom. The SMILES string of the molecule is Cc1ccc(CNc2c(Br)cncc2[N+](=O)[O-])o1. The number of furan rings is 1. The standard InChI is InChI=1S/C11H10BrN3O3/c1-7-2-3-8(18-7)4-14-11-9(12)5-13-6-10(11)15(16)17/h2-3,5-6H,4H2,1H3,(H,13,14). The van der Waals surface area contributed by atoms with E-state index in [1.807, 2.05) is 19.1 Å². The number of aryl methyl sites for hydroxylation is 1. The van der Waals surface area contributed by atoms with Crippen molar-refractivity contribution in [1.82, 2.24) is 4.98 Å². The molecule has 0 bridgehead atoms. The number of nitrogens with zero attached hydrogens (tertiary/aromatic N) is 2. The molecule has 0 atom stereocenters. The lowest BCUT2D eigenvalue weighted by Crippen LogP contribution is -2.03. The van der Waals surface area contributed by atoms with Gasteiger partial charge in [0.05, 0.1) is 15.9 Å². The fraction of sp³-hybridized carbons (Fsp3) is 0.182. The molecular weight excluding hydrogens is 302 g/mol. The fourth-order valence-electron chi connectivity index (χ4n) is 1.49. The number of aromatic nitrogens is 1. The number of hydrogen-bond acceptors (Lipinski definition) is 5. The number of rotatable bonds is 4. The van der Waals surface area contributed by atoms with Crippen LogP contribution in [0.2, 0.25) is 0 Å². The third-order valence-corrected chi connectivity index (χ3v) is 2.91. The molecule has 7 heteroatoms. The topological polar surface area (TPSA) is 81.2 Å². The van der Waals surface area contributed by atoms with E-state index in [4.69, 9.17) is 4.42 Å². The van der Waals surface area contributed by atoms with Crippen molar-refractivity contribution in [3.63, 3.8) is 0 Å². The molecule has 2 heterocycles. The molecule has 0 spiro atoms. The Labute approximate surface area is 111 Å². The van der Waals surface area contributed by atoms with Gasteiger partial charge in [-0.1, -0.05) is 0 Å². The highest BCUT2D eigenvalue weighted by Gasteiger charge is 2.17. The number of anilines is 1.